The molecule has 0 bridgehead atoms. The van der Waals surface area contributed by atoms with Crippen LogP contribution in [0.1, 0.15) is 11.3 Å². The molecule has 2 aromatic heterocycles. The molecule has 90 valence electrons. The standard InChI is InChI=1S/C9H6ClF3N4/c1-5-7(9(11,12)13)16-17(8(5)10)6-4-14-2-3-15-6/h2-4H,1H3. The number of halogens is 4. The molecule has 0 aromatic carbocycles. The maximum atomic E-state index is 12.6. The van der Waals surface area contributed by atoms with Crippen LogP contribution < -0.4 is 0 Å². The lowest BCUT2D eigenvalue weighted by Gasteiger charge is -2.02. The summed E-state index contributed by atoms with van der Waals surface area (Å²) in [6.07, 6.45) is -0.520. The van der Waals surface area contributed by atoms with Crippen LogP contribution in [0.25, 0.3) is 5.82 Å². The molecular weight excluding hydrogens is 257 g/mol. The van der Waals surface area contributed by atoms with Crippen molar-refractivity contribution in [3.63, 3.8) is 0 Å². The molecule has 0 aliphatic carbocycles. The molecule has 17 heavy (non-hydrogen) atoms. The average molecular weight is 263 g/mol. The quantitative estimate of drug-likeness (QED) is 0.793. The van der Waals surface area contributed by atoms with Crippen LogP contribution in [0.3, 0.4) is 0 Å². The molecule has 0 aliphatic rings. The molecule has 0 saturated heterocycles. The topological polar surface area (TPSA) is 43.6 Å². The van der Waals surface area contributed by atoms with Crippen molar-refractivity contribution in [2.45, 2.75) is 13.1 Å². The van der Waals surface area contributed by atoms with E-state index >= 15 is 0 Å². The van der Waals surface area contributed by atoms with Crippen molar-refractivity contribution in [2.75, 3.05) is 0 Å². The maximum absolute atomic E-state index is 12.6. The number of alkyl halides is 3. The van der Waals surface area contributed by atoms with Crippen LogP contribution in [-0.2, 0) is 6.18 Å². The summed E-state index contributed by atoms with van der Waals surface area (Å²) in [5, 5.41) is 3.28. The van der Waals surface area contributed by atoms with E-state index in [0.717, 1.165) is 4.68 Å². The SMILES string of the molecule is Cc1c(C(F)(F)F)nn(-c2cnccn2)c1Cl. The Bertz CT molecular complexity index is 535. The second kappa shape index (κ2) is 3.99. The van der Waals surface area contributed by atoms with Crippen molar-refractivity contribution < 1.29 is 13.2 Å². The Balaban J connectivity index is 2.59. The zero-order valence-corrected chi connectivity index (χ0v) is 9.29. The van der Waals surface area contributed by atoms with Gasteiger partial charge in [-0.3, -0.25) is 4.98 Å². The van der Waals surface area contributed by atoms with Crippen LogP contribution in [0.5, 0.6) is 0 Å². The number of rotatable bonds is 1. The van der Waals surface area contributed by atoms with Gasteiger partial charge in [0.1, 0.15) is 5.15 Å². The molecule has 0 spiro atoms. The predicted molar refractivity (Wildman–Crippen MR) is 53.9 cm³/mol. The number of aromatic nitrogens is 4. The fraction of sp³-hybridized carbons (Fsp3) is 0.222. The van der Waals surface area contributed by atoms with Gasteiger partial charge in [-0.15, -0.1) is 0 Å². The van der Waals surface area contributed by atoms with Gasteiger partial charge in [0.05, 0.1) is 6.20 Å². The summed E-state index contributed by atoms with van der Waals surface area (Å²) >= 11 is 5.79. The number of hydrogen-bond acceptors (Lipinski definition) is 3. The highest BCUT2D eigenvalue weighted by molar-refractivity contribution is 6.30. The van der Waals surface area contributed by atoms with Crippen LogP contribution in [0.2, 0.25) is 5.15 Å². The Hall–Kier alpha value is -1.63. The van der Waals surface area contributed by atoms with E-state index in [1.165, 1.54) is 25.5 Å². The molecule has 0 radical (unpaired) electrons. The Morgan fingerprint density at radius 2 is 2.00 bits per heavy atom. The zero-order chi connectivity index (χ0) is 12.6. The van der Waals surface area contributed by atoms with Gasteiger partial charge in [0.15, 0.2) is 11.5 Å². The van der Waals surface area contributed by atoms with Crippen molar-refractivity contribution in [3.8, 4) is 5.82 Å². The predicted octanol–water partition coefficient (Wildman–Crippen LogP) is 2.64. The molecule has 0 atom stereocenters. The van der Waals surface area contributed by atoms with E-state index in [4.69, 9.17) is 11.6 Å². The van der Waals surface area contributed by atoms with E-state index in [-0.39, 0.29) is 16.5 Å². The highest BCUT2D eigenvalue weighted by atomic mass is 35.5. The van der Waals surface area contributed by atoms with Crippen molar-refractivity contribution >= 4 is 11.6 Å². The Kier molecular flexibility index (Phi) is 2.78. The van der Waals surface area contributed by atoms with E-state index in [1.54, 1.807) is 0 Å². The highest BCUT2D eigenvalue weighted by Gasteiger charge is 2.37. The molecule has 2 rings (SSSR count). The molecule has 0 fully saturated rings. The van der Waals surface area contributed by atoms with Crippen molar-refractivity contribution in [2.24, 2.45) is 0 Å². The summed E-state index contributed by atoms with van der Waals surface area (Å²) in [6.45, 7) is 1.25. The second-order valence-corrected chi connectivity index (χ2v) is 3.60. The molecule has 8 heteroatoms. The maximum Gasteiger partial charge on any atom is 0.435 e. The normalized spacial score (nSPS) is 11.8. The fourth-order valence-electron chi connectivity index (χ4n) is 1.30. The average Bonchev–Trinajstić information content (AvgIpc) is 2.57. The summed E-state index contributed by atoms with van der Waals surface area (Å²) in [4.78, 5) is 7.57. The highest BCUT2D eigenvalue weighted by Crippen LogP contribution is 2.34. The molecule has 4 nitrogen and oxygen atoms in total. The lowest BCUT2D eigenvalue weighted by molar-refractivity contribution is -0.141. The Labute approximate surface area is 99.1 Å². The summed E-state index contributed by atoms with van der Waals surface area (Å²) < 4.78 is 38.7. The first-order valence-electron chi connectivity index (χ1n) is 4.50. The summed E-state index contributed by atoms with van der Waals surface area (Å²) in [5.41, 5.74) is -1.15. The molecule has 0 N–H and O–H groups in total. The van der Waals surface area contributed by atoms with E-state index in [2.05, 4.69) is 15.1 Å². The minimum Gasteiger partial charge on any atom is -0.259 e. The van der Waals surface area contributed by atoms with Crippen LogP contribution in [-0.4, -0.2) is 19.7 Å². The minimum atomic E-state index is -4.54. The van der Waals surface area contributed by atoms with Gasteiger partial charge in [0, 0.05) is 18.0 Å². The largest absolute Gasteiger partial charge is 0.435 e. The lowest BCUT2D eigenvalue weighted by Crippen LogP contribution is -2.09. The number of hydrogen-bond donors (Lipinski definition) is 0. The third-order valence-corrected chi connectivity index (χ3v) is 2.53. The van der Waals surface area contributed by atoms with Gasteiger partial charge in [-0.05, 0) is 6.92 Å². The van der Waals surface area contributed by atoms with Gasteiger partial charge in [0.2, 0.25) is 0 Å². The molecular formula is C9H6ClF3N4. The minimum absolute atomic E-state index is 0.127. The van der Waals surface area contributed by atoms with Crippen LogP contribution in [0, 0.1) is 6.92 Å². The van der Waals surface area contributed by atoms with Crippen LogP contribution in [0.4, 0.5) is 13.2 Å². The third-order valence-electron chi connectivity index (χ3n) is 2.09. The summed E-state index contributed by atoms with van der Waals surface area (Å²) in [6, 6.07) is 0. The Morgan fingerprint density at radius 3 is 2.47 bits per heavy atom. The fourth-order valence-corrected chi connectivity index (χ4v) is 1.51. The third kappa shape index (κ3) is 2.10. The molecule has 2 heterocycles. The van der Waals surface area contributed by atoms with Gasteiger partial charge in [0.25, 0.3) is 0 Å². The first-order chi connectivity index (χ1) is 7.91. The molecule has 0 saturated carbocycles. The van der Waals surface area contributed by atoms with Crippen LogP contribution in [0.15, 0.2) is 18.6 Å². The summed E-state index contributed by atoms with van der Waals surface area (Å²) in [5.74, 6) is 0.135. The van der Waals surface area contributed by atoms with E-state index in [0.29, 0.717) is 0 Å². The van der Waals surface area contributed by atoms with E-state index in [9.17, 15) is 13.2 Å². The van der Waals surface area contributed by atoms with Gasteiger partial charge < -0.3 is 0 Å². The van der Waals surface area contributed by atoms with Crippen molar-refractivity contribution in [1.29, 1.82) is 0 Å². The van der Waals surface area contributed by atoms with Gasteiger partial charge in [-0.2, -0.15) is 18.3 Å². The summed E-state index contributed by atoms with van der Waals surface area (Å²) in [7, 11) is 0. The first-order valence-corrected chi connectivity index (χ1v) is 4.87. The molecule has 2 aromatic rings. The molecule has 0 unspecified atom stereocenters. The van der Waals surface area contributed by atoms with Crippen LogP contribution >= 0.6 is 11.6 Å². The number of nitrogens with zero attached hydrogens (tertiary/aromatic N) is 4. The lowest BCUT2D eigenvalue weighted by atomic mass is 10.3. The van der Waals surface area contributed by atoms with E-state index < -0.39 is 11.9 Å². The van der Waals surface area contributed by atoms with Crippen molar-refractivity contribution in [3.05, 3.63) is 35.0 Å². The smallest absolute Gasteiger partial charge is 0.259 e. The first kappa shape index (κ1) is 11.8. The van der Waals surface area contributed by atoms with Gasteiger partial charge >= 0.3 is 6.18 Å². The Morgan fingerprint density at radius 1 is 1.29 bits per heavy atom. The van der Waals surface area contributed by atoms with Crippen molar-refractivity contribution in [1.82, 2.24) is 19.7 Å². The molecule has 0 amide bonds. The van der Waals surface area contributed by atoms with Gasteiger partial charge in [-0.25, -0.2) is 9.67 Å². The monoisotopic (exact) mass is 262 g/mol. The van der Waals surface area contributed by atoms with E-state index in [1.807, 2.05) is 0 Å². The molecule has 0 aliphatic heterocycles. The van der Waals surface area contributed by atoms with Gasteiger partial charge in [-0.1, -0.05) is 11.6 Å². The zero-order valence-electron chi connectivity index (χ0n) is 8.53. The second-order valence-electron chi connectivity index (χ2n) is 3.24.